The Hall–Kier alpha value is -1.43. The van der Waals surface area contributed by atoms with E-state index in [0.717, 1.165) is 56.9 Å². The number of amides is 2. The van der Waals surface area contributed by atoms with Crippen LogP contribution in [0.2, 0.25) is 0 Å². The number of piperidine rings is 2. The Morgan fingerprint density at radius 2 is 2.16 bits per heavy atom. The molecule has 3 rings (SSSR count). The molecule has 25 heavy (non-hydrogen) atoms. The number of nitrogens with zero attached hydrogens (tertiary/aromatic N) is 3. The number of aryl methyl sites for hydroxylation is 1. The lowest BCUT2D eigenvalue weighted by Crippen LogP contribution is -2.55. The van der Waals surface area contributed by atoms with Gasteiger partial charge in [-0.1, -0.05) is 13.8 Å². The Morgan fingerprint density at radius 3 is 2.84 bits per heavy atom. The molecule has 1 aromatic rings. The number of rotatable bonds is 4. The van der Waals surface area contributed by atoms with E-state index in [4.69, 9.17) is 0 Å². The molecule has 2 saturated heterocycles. The zero-order chi connectivity index (χ0) is 18.0. The lowest BCUT2D eigenvalue weighted by atomic mass is 9.73. The van der Waals surface area contributed by atoms with Crippen LogP contribution in [0, 0.1) is 18.3 Å². The molecule has 1 aromatic heterocycles. The van der Waals surface area contributed by atoms with Crippen molar-refractivity contribution in [2.45, 2.75) is 52.9 Å². The molecule has 0 aromatic carbocycles. The Kier molecular flexibility index (Phi) is 5.46. The third-order valence-electron chi connectivity index (χ3n) is 5.51. The largest absolute Gasteiger partial charge is 0.342 e. The summed E-state index contributed by atoms with van der Waals surface area (Å²) in [5.41, 5.74) is 0.646. The summed E-state index contributed by atoms with van der Waals surface area (Å²) in [5.74, 6) is 0.932. The van der Waals surface area contributed by atoms with Gasteiger partial charge in [-0.15, -0.1) is 11.3 Å². The lowest BCUT2D eigenvalue weighted by molar-refractivity contribution is -0.139. The highest BCUT2D eigenvalue weighted by Gasteiger charge is 2.42. The first kappa shape index (κ1) is 18.4. The Balaban J connectivity index is 1.68. The summed E-state index contributed by atoms with van der Waals surface area (Å²) in [6.07, 6.45) is 4.70. The third-order valence-corrected chi connectivity index (χ3v) is 6.28. The number of aromatic nitrogens is 1. The van der Waals surface area contributed by atoms with Crippen LogP contribution in [0.15, 0.2) is 5.38 Å². The molecule has 0 aliphatic carbocycles. The van der Waals surface area contributed by atoms with Gasteiger partial charge in [0.2, 0.25) is 5.91 Å². The van der Waals surface area contributed by atoms with E-state index in [1.807, 2.05) is 22.1 Å². The average Bonchev–Trinajstić information content (AvgIpc) is 3.02. The second-order valence-electron chi connectivity index (χ2n) is 8.08. The van der Waals surface area contributed by atoms with E-state index in [2.05, 4.69) is 18.8 Å². The predicted molar refractivity (Wildman–Crippen MR) is 99.7 cm³/mol. The lowest BCUT2D eigenvalue weighted by Gasteiger charge is -2.48. The van der Waals surface area contributed by atoms with E-state index >= 15 is 0 Å². The molecule has 5 nitrogen and oxygen atoms in total. The highest BCUT2D eigenvalue weighted by Crippen LogP contribution is 2.39. The number of carbonyl (C=O) groups is 2. The minimum absolute atomic E-state index is 0.0501. The molecule has 2 aliphatic rings. The summed E-state index contributed by atoms with van der Waals surface area (Å²) in [5, 5.41) is 2.79. The highest BCUT2D eigenvalue weighted by molar-refractivity contribution is 7.09. The van der Waals surface area contributed by atoms with Crippen LogP contribution < -0.4 is 0 Å². The maximum atomic E-state index is 12.8. The normalized spacial score (nSPS) is 24.4. The van der Waals surface area contributed by atoms with E-state index in [9.17, 15) is 9.59 Å². The minimum Gasteiger partial charge on any atom is -0.342 e. The van der Waals surface area contributed by atoms with Crippen LogP contribution in [0.5, 0.6) is 0 Å². The molecule has 2 aliphatic heterocycles. The maximum Gasteiger partial charge on any atom is 0.273 e. The van der Waals surface area contributed by atoms with Gasteiger partial charge in [0.05, 0.1) is 5.01 Å². The van der Waals surface area contributed by atoms with Crippen molar-refractivity contribution in [2.75, 3.05) is 26.2 Å². The molecule has 2 amide bonds. The van der Waals surface area contributed by atoms with Gasteiger partial charge in [0.15, 0.2) is 0 Å². The van der Waals surface area contributed by atoms with Crippen LogP contribution in [0.25, 0.3) is 0 Å². The summed E-state index contributed by atoms with van der Waals surface area (Å²) in [6, 6.07) is 0. The topological polar surface area (TPSA) is 53.5 Å². The first-order valence-electron chi connectivity index (χ1n) is 9.38. The van der Waals surface area contributed by atoms with Crippen molar-refractivity contribution < 1.29 is 9.59 Å². The van der Waals surface area contributed by atoms with Gasteiger partial charge in [0.1, 0.15) is 5.69 Å². The van der Waals surface area contributed by atoms with Gasteiger partial charge in [0.25, 0.3) is 5.91 Å². The van der Waals surface area contributed by atoms with Crippen molar-refractivity contribution >= 4 is 23.2 Å². The molecule has 1 atom stereocenters. The van der Waals surface area contributed by atoms with Crippen LogP contribution >= 0.6 is 11.3 Å². The third kappa shape index (κ3) is 4.22. The quantitative estimate of drug-likeness (QED) is 0.824. The van der Waals surface area contributed by atoms with Crippen LogP contribution in [-0.2, 0) is 4.79 Å². The van der Waals surface area contributed by atoms with Gasteiger partial charge in [0, 0.05) is 43.4 Å². The van der Waals surface area contributed by atoms with E-state index in [1.165, 1.54) is 11.3 Å². The number of likely N-dealkylation sites (tertiary alicyclic amines) is 2. The van der Waals surface area contributed by atoms with E-state index in [-0.39, 0.29) is 17.2 Å². The second-order valence-corrected chi connectivity index (χ2v) is 9.14. The SMILES string of the molecule is Cc1nc(C(=O)N2CCC[C@@]3(CCC(=O)N(CCC(C)C)C3)C2)cs1. The van der Waals surface area contributed by atoms with Crippen molar-refractivity contribution in [3.05, 3.63) is 16.1 Å². The van der Waals surface area contributed by atoms with Crippen molar-refractivity contribution in [3.8, 4) is 0 Å². The molecular weight excluding hydrogens is 334 g/mol. The zero-order valence-electron chi connectivity index (χ0n) is 15.6. The molecule has 6 heteroatoms. The van der Waals surface area contributed by atoms with Gasteiger partial charge in [-0.05, 0) is 38.5 Å². The molecule has 1 spiro atoms. The molecular formula is C19H29N3O2S. The summed E-state index contributed by atoms with van der Waals surface area (Å²) >= 11 is 1.52. The number of thiazole rings is 1. The standard InChI is InChI=1S/C19H29N3O2S/c1-14(2)6-10-21-12-19(8-5-17(21)23)7-4-9-22(13-19)18(24)16-11-25-15(3)20-16/h11,14H,4-10,12-13H2,1-3H3/t19-/m0/s1. The van der Waals surface area contributed by atoms with E-state index in [0.29, 0.717) is 18.0 Å². The Morgan fingerprint density at radius 1 is 1.36 bits per heavy atom. The molecule has 0 bridgehead atoms. The summed E-state index contributed by atoms with van der Waals surface area (Å²) < 4.78 is 0. The predicted octanol–water partition coefficient (Wildman–Crippen LogP) is 3.34. The van der Waals surface area contributed by atoms with Crippen molar-refractivity contribution in [1.29, 1.82) is 0 Å². The molecule has 0 radical (unpaired) electrons. The second kappa shape index (κ2) is 7.44. The van der Waals surface area contributed by atoms with Crippen LogP contribution in [0.3, 0.4) is 0 Å². The van der Waals surface area contributed by atoms with Gasteiger partial charge in [-0.2, -0.15) is 0 Å². The Bertz CT molecular complexity index is 642. The van der Waals surface area contributed by atoms with Gasteiger partial charge in [-0.3, -0.25) is 9.59 Å². The number of hydrogen-bond donors (Lipinski definition) is 0. The smallest absolute Gasteiger partial charge is 0.273 e. The fourth-order valence-corrected chi connectivity index (χ4v) is 4.64. The van der Waals surface area contributed by atoms with E-state index < -0.39 is 0 Å². The monoisotopic (exact) mass is 363 g/mol. The number of hydrogen-bond acceptors (Lipinski definition) is 4. The highest BCUT2D eigenvalue weighted by atomic mass is 32.1. The molecule has 138 valence electrons. The molecule has 2 fully saturated rings. The van der Waals surface area contributed by atoms with Crippen LogP contribution in [0.4, 0.5) is 0 Å². The first-order chi connectivity index (χ1) is 11.9. The fourth-order valence-electron chi connectivity index (χ4n) is 4.06. The Labute approximate surface area is 154 Å². The minimum atomic E-state index is 0.0501. The fraction of sp³-hybridized carbons (Fsp3) is 0.737. The zero-order valence-corrected chi connectivity index (χ0v) is 16.4. The van der Waals surface area contributed by atoms with Gasteiger partial charge >= 0.3 is 0 Å². The number of carbonyl (C=O) groups excluding carboxylic acids is 2. The average molecular weight is 364 g/mol. The first-order valence-corrected chi connectivity index (χ1v) is 10.3. The molecule has 0 saturated carbocycles. The van der Waals surface area contributed by atoms with Crippen molar-refractivity contribution in [2.24, 2.45) is 11.3 Å². The molecule has 3 heterocycles. The molecule has 0 N–H and O–H groups in total. The van der Waals surface area contributed by atoms with Gasteiger partial charge < -0.3 is 9.80 Å². The summed E-state index contributed by atoms with van der Waals surface area (Å²) in [4.78, 5) is 33.5. The maximum absolute atomic E-state index is 12.8. The van der Waals surface area contributed by atoms with E-state index in [1.54, 1.807) is 0 Å². The van der Waals surface area contributed by atoms with Crippen molar-refractivity contribution in [3.63, 3.8) is 0 Å². The van der Waals surface area contributed by atoms with Crippen LogP contribution in [0.1, 0.15) is 61.4 Å². The molecule has 0 unspecified atom stereocenters. The van der Waals surface area contributed by atoms with Crippen LogP contribution in [-0.4, -0.2) is 52.8 Å². The van der Waals surface area contributed by atoms with Gasteiger partial charge in [-0.25, -0.2) is 4.98 Å². The van der Waals surface area contributed by atoms with Crippen molar-refractivity contribution in [1.82, 2.24) is 14.8 Å². The summed E-state index contributed by atoms with van der Waals surface area (Å²) in [6.45, 7) is 9.53. The summed E-state index contributed by atoms with van der Waals surface area (Å²) in [7, 11) is 0.